The van der Waals surface area contributed by atoms with Gasteiger partial charge in [-0.25, -0.2) is 0 Å². The van der Waals surface area contributed by atoms with Crippen LogP contribution < -0.4 is 4.89 Å². The molecular weight excluding hydrogens is 118 g/mol. The molecule has 42 valence electrons. The first-order valence-corrected chi connectivity index (χ1v) is 3.20. The van der Waals surface area contributed by atoms with Crippen molar-refractivity contribution in [2.75, 3.05) is 0 Å². The van der Waals surface area contributed by atoms with Crippen molar-refractivity contribution in [2.45, 2.75) is 19.3 Å². The van der Waals surface area contributed by atoms with Gasteiger partial charge in [-0.1, -0.05) is 11.5 Å². The van der Waals surface area contributed by atoms with Crippen molar-refractivity contribution in [3.8, 4) is 0 Å². The third kappa shape index (κ3) is 2.66. The molecule has 4 heteroatoms. The van der Waals surface area contributed by atoms with Crippen molar-refractivity contribution in [3.63, 3.8) is 0 Å². The van der Waals surface area contributed by atoms with E-state index in [4.69, 9.17) is 0 Å². The van der Waals surface area contributed by atoms with E-state index < -0.39 is 13.9 Å². The van der Waals surface area contributed by atoms with Gasteiger partial charge >= 0.3 is 8.03 Å². The Labute approximate surface area is 42.2 Å². The van der Waals surface area contributed by atoms with E-state index in [1.807, 2.05) is 0 Å². The van der Waals surface area contributed by atoms with Crippen LogP contribution >= 0.6 is 8.03 Å². The second-order valence-corrected chi connectivity index (χ2v) is 2.26. The number of hydrogen-bond acceptors (Lipinski definition) is 2. The van der Waals surface area contributed by atoms with E-state index in [0.29, 0.717) is 0 Å². The van der Waals surface area contributed by atoms with Crippen LogP contribution in [0, 0.1) is 0 Å². The Bertz CT molecular complexity index is 75.3. The smallest absolute Gasteiger partial charge is 0.346 e. The van der Waals surface area contributed by atoms with Crippen LogP contribution in [-0.4, -0.2) is 5.91 Å². The molecule has 0 fully saturated rings. The summed E-state index contributed by atoms with van der Waals surface area (Å²) in [5.74, 6) is -1.64. The molecule has 0 aromatic heterocycles. The molecule has 0 heterocycles. The molecule has 0 radical (unpaired) electrons. The second-order valence-electron chi connectivity index (χ2n) is 1.13. The summed E-state index contributed by atoms with van der Waals surface area (Å²) in [6, 6.07) is 0. The molecule has 0 N–H and O–H groups in total. The van der Waals surface area contributed by atoms with Crippen molar-refractivity contribution >= 4 is 8.03 Å². The van der Waals surface area contributed by atoms with Gasteiger partial charge in [0.05, 0.1) is 0 Å². The average molecular weight is 124 g/mol. The lowest BCUT2D eigenvalue weighted by atomic mass is 10.6. The molecule has 0 rings (SSSR count). The third-order valence-electron chi connectivity index (χ3n) is 0.566. The predicted molar refractivity (Wildman–Crippen MR) is 22.8 cm³/mol. The van der Waals surface area contributed by atoms with E-state index in [-0.39, 0.29) is 6.42 Å². The summed E-state index contributed by atoms with van der Waals surface area (Å²) in [7, 11) is -2.83. The van der Waals surface area contributed by atoms with Gasteiger partial charge in [-0.15, -0.1) is 0 Å². The lowest BCUT2D eigenvalue weighted by Crippen LogP contribution is -1.98. The van der Waals surface area contributed by atoms with E-state index in [1.165, 1.54) is 6.92 Å². The van der Waals surface area contributed by atoms with Crippen LogP contribution in [0.3, 0.4) is 0 Å². The van der Waals surface area contributed by atoms with Crippen LogP contribution in [0.25, 0.3) is 0 Å². The van der Waals surface area contributed by atoms with E-state index in [0.717, 1.165) is 0 Å². The van der Waals surface area contributed by atoms with Gasteiger partial charge in [0, 0.05) is 6.42 Å². The van der Waals surface area contributed by atoms with E-state index in [9.17, 15) is 13.8 Å². The fourth-order valence-electron chi connectivity index (χ4n) is 0.149. The molecule has 0 aromatic rings. The monoisotopic (exact) mass is 124 g/mol. The molecule has 2 atom stereocenters. The highest BCUT2D eigenvalue weighted by molar-refractivity contribution is 7.37. The maximum absolute atomic E-state index is 11.7. The van der Waals surface area contributed by atoms with Crippen LogP contribution in [-0.2, 0) is 4.57 Å². The molecule has 0 amide bonds. The molecule has 2 nitrogen and oxygen atoms in total. The summed E-state index contributed by atoms with van der Waals surface area (Å²) in [5.41, 5.74) is 0. The molecule has 0 spiro atoms. The summed E-state index contributed by atoms with van der Waals surface area (Å²) < 4.78 is 21.3. The highest BCUT2D eigenvalue weighted by atomic mass is 31.1. The Balaban J connectivity index is 3.34. The molecule has 0 aromatic carbocycles. The van der Waals surface area contributed by atoms with Gasteiger partial charge in [0.2, 0.25) is 0 Å². The van der Waals surface area contributed by atoms with E-state index in [1.54, 1.807) is 0 Å². The van der Waals surface area contributed by atoms with Crippen LogP contribution in [0.4, 0.5) is 4.39 Å². The van der Waals surface area contributed by atoms with Crippen molar-refractivity contribution in [3.05, 3.63) is 0 Å². The molecule has 0 aliphatic heterocycles. The topological polar surface area (TPSA) is 40.1 Å². The Morgan fingerprint density at radius 3 is 2.43 bits per heavy atom. The van der Waals surface area contributed by atoms with Gasteiger partial charge in [-0.3, -0.25) is 0 Å². The summed E-state index contributed by atoms with van der Waals surface area (Å²) >= 11 is 0. The SMILES string of the molecule is CCC(F)[P+](=O)[O-]. The zero-order chi connectivity index (χ0) is 5.86. The molecular formula is C3H6FO2P. The molecule has 0 aliphatic rings. The van der Waals surface area contributed by atoms with E-state index in [2.05, 4.69) is 0 Å². The van der Waals surface area contributed by atoms with Gasteiger partial charge in [-0.05, 0) is 0 Å². The van der Waals surface area contributed by atoms with Crippen molar-refractivity contribution in [1.29, 1.82) is 0 Å². The lowest BCUT2D eigenvalue weighted by Gasteiger charge is -1.88. The van der Waals surface area contributed by atoms with Crippen molar-refractivity contribution in [1.82, 2.24) is 0 Å². The fourth-order valence-corrected chi connectivity index (χ4v) is 0.447. The predicted octanol–water partition coefficient (Wildman–Crippen LogP) is 0.795. The summed E-state index contributed by atoms with van der Waals surface area (Å²) in [4.78, 5) is 9.59. The number of rotatable bonds is 2. The van der Waals surface area contributed by atoms with Gasteiger partial charge in [0.25, 0.3) is 5.91 Å². The molecule has 0 saturated carbocycles. The van der Waals surface area contributed by atoms with Crippen LogP contribution in [0.5, 0.6) is 0 Å². The summed E-state index contributed by atoms with van der Waals surface area (Å²) in [6.07, 6.45) is 0.0543. The second kappa shape index (κ2) is 3.05. The Hall–Kier alpha value is -0.0100. The largest absolute Gasteiger partial charge is 0.593 e. The zero-order valence-electron chi connectivity index (χ0n) is 3.93. The summed E-state index contributed by atoms with van der Waals surface area (Å²) in [5, 5.41) is 0. The van der Waals surface area contributed by atoms with Crippen LogP contribution in [0.1, 0.15) is 13.3 Å². The average Bonchev–Trinajstić information content (AvgIpc) is 1.65. The highest BCUT2D eigenvalue weighted by Gasteiger charge is 2.15. The minimum Gasteiger partial charge on any atom is -0.593 e. The van der Waals surface area contributed by atoms with Crippen molar-refractivity contribution < 1.29 is 13.8 Å². The van der Waals surface area contributed by atoms with Gasteiger partial charge in [0.1, 0.15) is 0 Å². The molecule has 0 aliphatic carbocycles. The first-order valence-electron chi connectivity index (χ1n) is 1.96. The zero-order valence-corrected chi connectivity index (χ0v) is 4.82. The Kier molecular flexibility index (Phi) is 3.05. The van der Waals surface area contributed by atoms with Crippen LogP contribution in [0.15, 0.2) is 0 Å². The molecule has 0 bridgehead atoms. The first kappa shape index (κ1) is 6.99. The Morgan fingerprint density at radius 1 is 2.00 bits per heavy atom. The fraction of sp³-hybridized carbons (Fsp3) is 1.00. The first-order chi connectivity index (χ1) is 3.18. The normalized spacial score (nSPS) is 16.1. The highest BCUT2D eigenvalue weighted by Crippen LogP contribution is 2.20. The van der Waals surface area contributed by atoms with Crippen LogP contribution in [0.2, 0.25) is 0 Å². The van der Waals surface area contributed by atoms with Crippen molar-refractivity contribution in [2.24, 2.45) is 0 Å². The quantitative estimate of drug-likeness (QED) is 0.510. The molecule has 0 saturated heterocycles. The molecule has 2 unspecified atom stereocenters. The number of hydrogen-bond donors (Lipinski definition) is 0. The lowest BCUT2D eigenvalue weighted by molar-refractivity contribution is -0.169. The third-order valence-corrected chi connectivity index (χ3v) is 1.39. The summed E-state index contributed by atoms with van der Waals surface area (Å²) in [6.45, 7) is 1.48. The maximum atomic E-state index is 11.7. The van der Waals surface area contributed by atoms with Gasteiger partial charge < -0.3 is 4.89 Å². The number of halogens is 1. The molecule has 7 heavy (non-hydrogen) atoms. The van der Waals surface area contributed by atoms with E-state index >= 15 is 0 Å². The Morgan fingerprint density at radius 2 is 2.43 bits per heavy atom. The maximum Gasteiger partial charge on any atom is 0.346 e. The number of alkyl halides is 1. The van der Waals surface area contributed by atoms with Gasteiger partial charge in [0.15, 0.2) is 0 Å². The standard InChI is InChI=1S/C3H6FO2P/c1-2-3(4)7(5)6/h3H,2H2,1H3. The minimum absolute atomic E-state index is 0.0543. The minimum atomic E-state index is -2.83. The van der Waals surface area contributed by atoms with Gasteiger partial charge in [-0.2, -0.15) is 4.39 Å².